The van der Waals surface area contributed by atoms with E-state index in [-0.39, 0.29) is 24.8 Å². The molecule has 4 nitrogen and oxygen atoms in total. The van der Waals surface area contributed by atoms with Crippen molar-refractivity contribution in [3.8, 4) is 0 Å². The van der Waals surface area contributed by atoms with E-state index in [1.165, 1.54) is 0 Å². The van der Waals surface area contributed by atoms with Gasteiger partial charge in [-0.3, -0.25) is 9.59 Å². The molecular formula is C10H14FNO3. The molecule has 0 bridgehead atoms. The van der Waals surface area contributed by atoms with Crippen LogP contribution < -0.4 is 5.32 Å². The summed E-state index contributed by atoms with van der Waals surface area (Å²) in [5, 5.41) is 11.8. The zero-order valence-electron chi connectivity index (χ0n) is 8.28. The van der Waals surface area contributed by atoms with Crippen molar-refractivity contribution >= 4 is 11.8 Å². The normalized spacial score (nSPS) is 41.0. The first-order valence-electron chi connectivity index (χ1n) is 5.23. The van der Waals surface area contributed by atoms with Gasteiger partial charge in [-0.1, -0.05) is 0 Å². The molecule has 0 aromatic heterocycles. The van der Waals surface area contributed by atoms with Gasteiger partial charge in [0.2, 0.25) is 0 Å². The first-order chi connectivity index (χ1) is 7.09. The second-order valence-electron chi connectivity index (χ2n) is 4.32. The SMILES string of the molecule is O=C(O)C1CNC2CCC(F)CC2C1=O. The number of halogens is 1. The number of piperidine rings is 1. The van der Waals surface area contributed by atoms with Gasteiger partial charge in [0.25, 0.3) is 0 Å². The summed E-state index contributed by atoms with van der Waals surface area (Å²) in [7, 11) is 0. The third kappa shape index (κ3) is 1.88. The molecule has 2 fully saturated rings. The fourth-order valence-corrected chi connectivity index (χ4v) is 2.52. The smallest absolute Gasteiger partial charge is 0.315 e. The lowest BCUT2D eigenvalue weighted by Gasteiger charge is -2.38. The predicted molar refractivity (Wildman–Crippen MR) is 50.2 cm³/mol. The number of rotatable bonds is 1. The second kappa shape index (κ2) is 3.89. The van der Waals surface area contributed by atoms with Crippen LogP contribution in [0.15, 0.2) is 0 Å². The molecule has 0 radical (unpaired) electrons. The predicted octanol–water partition coefficient (Wildman–Crippen LogP) is 0.366. The standard InChI is InChI=1S/C10H14FNO3/c11-5-1-2-8-6(3-5)9(13)7(4-12-8)10(14)15/h5-8,12H,1-4H2,(H,14,15). The number of Topliss-reactive ketones (excluding diaryl/α,β-unsaturated/α-hetero) is 1. The molecule has 84 valence electrons. The van der Waals surface area contributed by atoms with Crippen molar-refractivity contribution in [1.82, 2.24) is 5.32 Å². The number of carboxylic acids is 1. The van der Waals surface area contributed by atoms with E-state index in [2.05, 4.69) is 5.32 Å². The molecule has 2 N–H and O–H groups in total. The van der Waals surface area contributed by atoms with Gasteiger partial charge in [0.05, 0.1) is 0 Å². The lowest BCUT2D eigenvalue weighted by molar-refractivity contribution is -0.150. The van der Waals surface area contributed by atoms with Crippen molar-refractivity contribution in [3.05, 3.63) is 0 Å². The molecule has 4 atom stereocenters. The number of carbonyl (C=O) groups excluding carboxylic acids is 1. The van der Waals surface area contributed by atoms with E-state index in [9.17, 15) is 14.0 Å². The minimum absolute atomic E-state index is 0.0138. The topological polar surface area (TPSA) is 66.4 Å². The molecule has 1 saturated carbocycles. The van der Waals surface area contributed by atoms with E-state index >= 15 is 0 Å². The molecule has 1 aliphatic carbocycles. The van der Waals surface area contributed by atoms with Crippen molar-refractivity contribution in [3.63, 3.8) is 0 Å². The van der Waals surface area contributed by atoms with Crippen molar-refractivity contribution in [1.29, 1.82) is 0 Å². The van der Waals surface area contributed by atoms with Gasteiger partial charge in [-0.05, 0) is 19.3 Å². The molecular weight excluding hydrogens is 201 g/mol. The minimum Gasteiger partial charge on any atom is -0.481 e. The number of carbonyl (C=O) groups is 2. The van der Waals surface area contributed by atoms with Crippen LogP contribution in [-0.2, 0) is 9.59 Å². The zero-order chi connectivity index (χ0) is 11.0. The summed E-state index contributed by atoms with van der Waals surface area (Å²) in [6.07, 6.45) is 0.327. The summed E-state index contributed by atoms with van der Waals surface area (Å²) in [4.78, 5) is 22.5. The lowest BCUT2D eigenvalue weighted by Crippen LogP contribution is -2.55. The fraction of sp³-hybridized carbons (Fsp3) is 0.800. The highest BCUT2D eigenvalue weighted by Crippen LogP contribution is 2.32. The van der Waals surface area contributed by atoms with Crippen LogP contribution in [0, 0.1) is 11.8 Å². The van der Waals surface area contributed by atoms with Crippen LogP contribution in [-0.4, -0.2) is 35.6 Å². The van der Waals surface area contributed by atoms with Gasteiger partial charge in [0.1, 0.15) is 12.1 Å². The van der Waals surface area contributed by atoms with Crippen LogP contribution in [0.5, 0.6) is 0 Å². The maximum atomic E-state index is 13.1. The van der Waals surface area contributed by atoms with Gasteiger partial charge in [-0.2, -0.15) is 0 Å². The Balaban J connectivity index is 2.11. The number of nitrogens with one attached hydrogen (secondary N) is 1. The van der Waals surface area contributed by atoms with Gasteiger partial charge in [0.15, 0.2) is 5.78 Å². The Bertz CT molecular complexity index is 294. The number of alkyl halides is 1. The summed E-state index contributed by atoms with van der Waals surface area (Å²) in [5.74, 6) is -2.83. The molecule has 2 rings (SSSR count). The van der Waals surface area contributed by atoms with Gasteiger partial charge in [-0.25, -0.2) is 4.39 Å². The van der Waals surface area contributed by atoms with Gasteiger partial charge in [-0.15, -0.1) is 0 Å². The molecule has 1 aliphatic heterocycles. The van der Waals surface area contributed by atoms with Crippen LogP contribution in [0.3, 0.4) is 0 Å². The number of hydrogen-bond donors (Lipinski definition) is 2. The highest BCUT2D eigenvalue weighted by molar-refractivity contribution is 6.00. The molecule has 1 saturated heterocycles. The first-order valence-corrected chi connectivity index (χ1v) is 5.23. The van der Waals surface area contributed by atoms with Crippen LogP contribution in [0.2, 0.25) is 0 Å². The Morgan fingerprint density at radius 3 is 2.87 bits per heavy atom. The molecule has 0 spiro atoms. The van der Waals surface area contributed by atoms with E-state index in [0.717, 1.165) is 0 Å². The number of carboxylic acid groups (broad SMARTS) is 1. The number of fused-ring (bicyclic) bond motifs is 1. The fourth-order valence-electron chi connectivity index (χ4n) is 2.52. The van der Waals surface area contributed by atoms with Crippen molar-refractivity contribution in [2.75, 3.05) is 6.54 Å². The Labute approximate surface area is 86.8 Å². The number of aliphatic carboxylic acids is 1. The van der Waals surface area contributed by atoms with E-state index in [1.807, 2.05) is 0 Å². The molecule has 1 heterocycles. The van der Waals surface area contributed by atoms with E-state index in [1.54, 1.807) is 0 Å². The van der Waals surface area contributed by atoms with Crippen LogP contribution in [0.4, 0.5) is 4.39 Å². The maximum Gasteiger partial charge on any atom is 0.315 e. The molecule has 0 amide bonds. The molecule has 4 unspecified atom stereocenters. The summed E-state index contributed by atoms with van der Waals surface area (Å²) in [6, 6.07) is -0.0138. The van der Waals surface area contributed by atoms with E-state index < -0.39 is 24.0 Å². The highest BCUT2D eigenvalue weighted by Gasteiger charge is 2.44. The Morgan fingerprint density at radius 2 is 2.20 bits per heavy atom. The Hall–Kier alpha value is -0.970. The maximum absolute atomic E-state index is 13.1. The zero-order valence-corrected chi connectivity index (χ0v) is 8.28. The summed E-state index contributed by atoms with van der Waals surface area (Å²) >= 11 is 0. The van der Waals surface area contributed by atoms with E-state index in [0.29, 0.717) is 12.8 Å². The Kier molecular flexibility index (Phi) is 2.73. The molecule has 2 aliphatic rings. The average molecular weight is 215 g/mol. The van der Waals surface area contributed by atoms with Gasteiger partial charge in [0, 0.05) is 18.5 Å². The molecule has 0 aromatic rings. The Morgan fingerprint density at radius 1 is 1.47 bits per heavy atom. The van der Waals surface area contributed by atoms with Crippen molar-refractivity contribution in [2.24, 2.45) is 11.8 Å². The van der Waals surface area contributed by atoms with Crippen LogP contribution in [0.1, 0.15) is 19.3 Å². The first kappa shape index (κ1) is 10.5. The second-order valence-corrected chi connectivity index (χ2v) is 4.32. The largest absolute Gasteiger partial charge is 0.481 e. The quantitative estimate of drug-likeness (QED) is 0.620. The van der Waals surface area contributed by atoms with Gasteiger partial charge >= 0.3 is 5.97 Å². The monoisotopic (exact) mass is 215 g/mol. The summed E-state index contributed by atoms with van der Waals surface area (Å²) in [5.41, 5.74) is 0. The number of hydrogen-bond acceptors (Lipinski definition) is 3. The van der Waals surface area contributed by atoms with Crippen molar-refractivity contribution in [2.45, 2.75) is 31.5 Å². The minimum atomic E-state index is -1.10. The van der Waals surface area contributed by atoms with Crippen LogP contribution >= 0.6 is 0 Å². The van der Waals surface area contributed by atoms with Crippen molar-refractivity contribution < 1.29 is 19.1 Å². The number of ketones is 1. The van der Waals surface area contributed by atoms with Crippen LogP contribution in [0.25, 0.3) is 0 Å². The third-order valence-electron chi connectivity index (χ3n) is 3.38. The van der Waals surface area contributed by atoms with Gasteiger partial charge < -0.3 is 10.4 Å². The van der Waals surface area contributed by atoms with E-state index in [4.69, 9.17) is 5.11 Å². The molecule has 5 heteroatoms. The lowest BCUT2D eigenvalue weighted by atomic mass is 9.74. The molecule has 0 aromatic carbocycles. The third-order valence-corrected chi connectivity index (χ3v) is 3.38. The summed E-state index contributed by atoms with van der Waals surface area (Å²) < 4.78 is 13.1. The molecule has 15 heavy (non-hydrogen) atoms. The highest BCUT2D eigenvalue weighted by atomic mass is 19.1. The average Bonchev–Trinajstić information content (AvgIpc) is 2.19. The summed E-state index contributed by atoms with van der Waals surface area (Å²) in [6.45, 7) is 0.187.